The average molecular weight is 385 g/mol. The van der Waals surface area contributed by atoms with Gasteiger partial charge in [-0.25, -0.2) is 0 Å². The summed E-state index contributed by atoms with van der Waals surface area (Å²) in [6, 6.07) is 16.0. The molecule has 1 amide bonds. The molecule has 2 aliphatic heterocycles. The van der Waals surface area contributed by atoms with Crippen LogP contribution < -0.4 is 0 Å². The number of nitrogens with zero attached hydrogens (tertiary/aromatic N) is 2. The molecule has 2 aliphatic rings. The molecule has 2 saturated heterocycles. The predicted octanol–water partition coefficient (Wildman–Crippen LogP) is 4.15. The number of amides is 1. The largest absolute Gasteiger partial charge is 0.371 e. The van der Waals surface area contributed by atoms with Crippen LogP contribution in [0.1, 0.15) is 40.4 Å². The Bertz CT molecular complexity index is 770. The fraction of sp³-hybridized carbons (Fsp3) is 0.409. The molecule has 142 valence electrons. The average Bonchev–Trinajstić information content (AvgIpc) is 3.24. The van der Waals surface area contributed by atoms with Crippen molar-refractivity contribution < 1.29 is 9.53 Å². The maximum absolute atomic E-state index is 12.5. The van der Waals surface area contributed by atoms with Gasteiger partial charge in [0.05, 0.1) is 12.7 Å². The van der Waals surface area contributed by atoms with Gasteiger partial charge in [0, 0.05) is 43.3 Å². The number of ether oxygens (including phenoxy) is 1. The lowest BCUT2D eigenvalue weighted by Crippen LogP contribution is -2.37. The predicted molar refractivity (Wildman–Crippen MR) is 107 cm³/mol. The van der Waals surface area contributed by atoms with Gasteiger partial charge in [-0.2, -0.15) is 0 Å². The summed E-state index contributed by atoms with van der Waals surface area (Å²) in [5.41, 5.74) is 3.18. The van der Waals surface area contributed by atoms with Gasteiger partial charge in [0.1, 0.15) is 0 Å². The van der Waals surface area contributed by atoms with Gasteiger partial charge in [-0.05, 0) is 48.2 Å². The van der Waals surface area contributed by atoms with Crippen molar-refractivity contribution in [3.8, 4) is 0 Å². The second-order valence-corrected chi connectivity index (χ2v) is 7.78. The Balaban J connectivity index is 1.37. The third-order valence-electron chi connectivity index (χ3n) is 5.39. The van der Waals surface area contributed by atoms with Gasteiger partial charge < -0.3 is 9.64 Å². The number of rotatable bonds is 4. The van der Waals surface area contributed by atoms with Crippen LogP contribution >= 0.6 is 11.6 Å². The van der Waals surface area contributed by atoms with Crippen molar-refractivity contribution in [2.45, 2.75) is 25.5 Å². The summed E-state index contributed by atoms with van der Waals surface area (Å²) in [6.07, 6.45) is 2.32. The highest BCUT2D eigenvalue weighted by molar-refractivity contribution is 6.30. The van der Waals surface area contributed by atoms with Crippen LogP contribution in [0.4, 0.5) is 0 Å². The molecule has 0 saturated carbocycles. The molecule has 0 bridgehead atoms. The van der Waals surface area contributed by atoms with E-state index in [0.717, 1.165) is 68.3 Å². The van der Waals surface area contributed by atoms with E-state index in [9.17, 15) is 4.79 Å². The topological polar surface area (TPSA) is 32.8 Å². The first-order chi connectivity index (χ1) is 13.2. The molecule has 0 spiro atoms. The lowest BCUT2D eigenvalue weighted by molar-refractivity contribution is -0.0329. The third-order valence-corrected chi connectivity index (χ3v) is 5.64. The van der Waals surface area contributed by atoms with Gasteiger partial charge in [0.25, 0.3) is 5.91 Å². The Morgan fingerprint density at radius 2 is 1.70 bits per heavy atom. The molecule has 5 heteroatoms. The smallest absolute Gasteiger partial charge is 0.253 e. The van der Waals surface area contributed by atoms with E-state index in [1.807, 2.05) is 41.3 Å². The van der Waals surface area contributed by atoms with Gasteiger partial charge in [-0.1, -0.05) is 35.9 Å². The summed E-state index contributed by atoms with van der Waals surface area (Å²) in [4.78, 5) is 16.8. The number of halogens is 1. The van der Waals surface area contributed by atoms with Gasteiger partial charge in [-0.3, -0.25) is 9.69 Å². The molecule has 2 fully saturated rings. The minimum atomic E-state index is 0.0760. The molecule has 1 atom stereocenters. The number of hydrogen-bond acceptors (Lipinski definition) is 3. The molecule has 4 nitrogen and oxygen atoms in total. The minimum Gasteiger partial charge on any atom is -0.371 e. The van der Waals surface area contributed by atoms with E-state index < -0.39 is 0 Å². The van der Waals surface area contributed by atoms with Crippen molar-refractivity contribution in [3.05, 3.63) is 70.2 Å². The second-order valence-electron chi connectivity index (χ2n) is 7.34. The normalized spacial score (nSPS) is 20.8. The Hall–Kier alpha value is -1.88. The first-order valence-electron chi connectivity index (χ1n) is 9.67. The van der Waals surface area contributed by atoms with Crippen molar-refractivity contribution >= 4 is 17.5 Å². The minimum absolute atomic E-state index is 0.0760. The van der Waals surface area contributed by atoms with E-state index in [0.29, 0.717) is 0 Å². The first-order valence-corrected chi connectivity index (χ1v) is 10.0. The van der Waals surface area contributed by atoms with E-state index >= 15 is 0 Å². The summed E-state index contributed by atoms with van der Waals surface area (Å²) in [5, 5.41) is 0.745. The summed E-state index contributed by atoms with van der Waals surface area (Å²) in [6.45, 7) is 5.14. The standard InChI is InChI=1S/C22H25ClN2O2/c23-20-9-7-18(8-10-20)21-16-24(13-14-27-21)15-17-3-5-19(6-4-17)22(26)25-11-1-2-12-25/h3-10,21H,1-2,11-16H2. The number of carbonyl (C=O) groups excluding carboxylic acids is 1. The lowest BCUT2D eigenvalue weighted by atomic mass is 10.1. The van der Waals surface area contributed by atoms with Crippen molar-refractivity contribution in [3.63, 3.8) is 0 Å². The highest BCUT2D eigenvalue weighted by atomic mass is 35.5. The molecular formula is C22H25ClN2O2. The van der Waals surface area contributed by atoms with E-state index in [-0.39, 0.29) is 12.0 Å². The summed E-state index contributed by atoms with van der Waals surface area (Å²) in [7, 11) is 0. The lowest BCUT2D eigenvalue weighted by Gasteiger charge is -2.33. The number of carbonyl (C=O) groups is 1. The zero-order chi connectivity index (χ0) is 18.6. The third kappa shape index (κ3) is 4.52. The zero-order valence-electron chi connectivity index (χ0n) is 15.4. The maximum atomic E-state index is 12.5. The number of morpholine rings is 1. The molecule has 27 heavy (non-hydrogen) atoms. The van der Waals surface area contributed by atoms with Crippen LogP contribution in [-0.2, 0) is 11.3 Å². The molecule has 0 N–H and O–H groups in total. The highest BCUT2D eigenvalue weighted by Gasteiger charge is 2.23. The van der Waals surface area contributed by atoms with Crippen LogP contribution in [0.2, 0.25) is 5.02 Å². The van der Waals surface area contributed by atoms with Gasteiger partial charge >= 0.3 is 0 Å². The second kappa shape index (κ2) is 8.42. The van der Waals surface area contributed by atoms with Crippen LogP contribution in [0.25, 0.3) is 0 Å². The highest BCUT2D eigenvalue weighted by Crippen LogP contribution is 2.25. The quantitative estimate of drug-likeness (QED) is 0.793. The van der Waals surface area contributed by atoms with Crippen molar-refractivity contribution in [1.82, 2.24) is 9.80 Å². The molecule has 2 heterocycles. The van der Waals surface area contributed by atoms with E-state index in [1.165, 1.54) is 5.56 Å². The first kappa shape index (κ1) is 18.5. The molecule has 0 aliphatic carbocycles. The molecule has 0 aromatic heterocycles. The van der Waals surface area contributed by atoms with E-state index in [2.05, 4.69) is 17.0 Å². The molecule has 4 rings (SSSR count). The van der Waals surface area contributed by atoms with Crippen LogP contribution in [-0.4, -0.2) is 48.5 Å². The van der Waals surface area contributed by atoms with E-state index in [1.54, 1.807) is 0 Å². The van der Waals surface area contributed by atoms with Crippen LogP contribution in [0.15, 0.2) is 48.5 Å². The zero-order valence-corrected chi connectivity index (χ0v) is 16.2. The molecular weight excluding hydrogens is 360 g/mol. The van der Waals surface area contributed by atoms with Crippen LogP contribution in [0.3, 0.4) is 0 Å². The number of hydrogen-bond donors (Lipinski definition) is 0. The van der Waals surface area contributed by atoms with E-state index in [4.69, 9.17) is 16.3 Å². The molecule has 1 unspecified atom stereocenters. The van der Waals surface area contributed by atoms with Gasteiger partial charge in [0.2, 0.25) is 0 Å². The fourth-order valence-corrected chi connectivity index (χ4v) is 3.96. The Morgan fingerprint density at radius 3 is 2.41 bits per heavy atom. The van der Waals surface area contributed by atoms with Gasteiger partial charge in [-0.15, -0.1) is 0 Å². The van der Waals surface area contributed by atoms with Crippen LogP contribution in [0.5, 0.6) is 0 Å². The molecule has 0 radical (unpaired) electrons. The van der Waals surface area contributed by atoms with Crippen LogP contribution in [0, 0.1) is 0 Å². The van der Waals surface area contributed by atoms with Crippen molar-refractivity contribution in [2.24, 2.45) is 0 Å². The van der Waals surface area contributed by atoms with Crippen molar-refractivity contribution in [1.29, 1.82) is 0 Å². The molecule has 2 aromatic carbocycles. The van der Waals surface area contributed by atoms with Crippen molar-refractivity contribution in [2.75, 3.05) is 32.8 Å². The monoisotopic (exact) mass is 384 g/mol. The SMILES string of the molecule is O=C(c1ccc(CN2CCOC(c3ccc(Cl)cc3)C2)cc1)N1CCCC1. The maximum Gasteiger partial charge on any atom is 0.253 e. The number of likely N-dealkylation sites (tertiary alicyclic amines) is 1. The summed E-state index contributed by atoms with van der Waals surface area (Å²) < 4.78 is 5.94. The Labute approximate surface area is 165 Å². The summed E-state index contributed by atoms with van der Waals surface area (Å²) >= 11 is 5.98. The summed E-state index contributed by atoms with van der Waals surface area (Å²) in [5.74, 6) is 0.160. The fourth-order valence-electron chi connectivity index (χ4n) is 3.84. The van der Waals surface area contributed by atoms with Gasteiger partial charge in [0.15, 0.2) is 0 Å². The Kier molecular flexibility index (Phi) is 5.77. The molecule has 2 aromatic rings. The number of benzene rings is 2. The Morgan fingerprint density at radius 1 is 1.00 bits per heavy atom.